The molecular formula is C27H25ClN4O2. The Morgan fingerprint density at radius 3 is 2.18 bits per heavy atom. The zero-order valence-corrected chi connectivity index (χ0v) is 19.4. The third-order valence-corrected chi connectivity index (χ3v) is 5.96. The van der Waals surface area contributed by atoms with Crippen molar-refractivity contribution in [3.63, 3.8) is 0 Å². The number of amides is 2. The highest BCUT2D eigenvalue weighted by Crippen LogP contribution is 2.23. The molecule has 1 aliphatic rings. The summed E-state index contributed by atoms with van der Waals surface area (Å²) in [5.74, 6) is -0.272. The van der Waals surface area contributed by atoms with E-state index in [2.05, 4.69) is 17.2 Å². The van der Waals surface area contributed by atoms with Crippen molar-refractivity contribution in [3.05, 3.63) is 101 Å². The van der Waals surface area contributed by atoms with Gasteiger partial charge >= 0.3 is 0 Å². The number of nitrogens with zero attached hydrogens (tertiary/aromatic N) is 1. The van der Waals surface area contributed by atoms with Gasteiger partial charge in [-0.2, -0.15) is 0 Å². The van der Waals surface area contributed by atoms with Gasteiger partial charge in [0.05, 0.1) is 11.3 Å². The lowest BCUT2D eigenvalue weighted by atomic mass is 10.1. The topological polar surface area (TPSA) is 85.3 Å². The summed E-state index contributed by atoms with van der Waals surface area (Å²) in [5.41, 5.74) is 3.36. The number of rotatable bonds is 6. The number of hydrogen-bond acceptors (Lipinski definition) is 3. The van der Waals surface area contributed by atoms with Crippen LogP contribution in [0.15, 0.2) is 73.3 Å². The highest BCUT2D eigenvalue weighted by molar-refractivity contribution is 6.31. The number of amidine groups is 1. The first-order chi connectivity index (χ1) is 16.4. The quantitative estimate of drug-likeness (QED) is 0.308. The third kappa shape index (κ3) is 5.35. The summed E-state index contributed by atoms with van der Waals surface area (Å²) in [6, 6.07) is 18.9. The van der Waals surface area contributed by atoms with Gasteiger partial charge in [0.1, 0.15) is 5.84 Å². The van der Waals surface area contributed by atoms with E-state index in [0.717, 1.165) is 37.1 Å². The van der Waals surface area contributed by atoms with E-state index < -0.39 is 5.91 Å². The molecule has 7 heteroatoms. The van der Waals surface area contributed by atoms with Gasteiger partial charge < -0.3 is 15.5 Å². The molecule has 1 aliphatic heterocycles. The fourth-order valence-corrected chi connectivity index (χ4v) is 3.98. The smallest absolute Gasteiger partial charge is 0.257 e. The van der Waals surface area contributed by atoms with Crippen LogP contribution < -0.4 is 10.6 Å². The molecule has 1 heterocycles. The second kappa shape index (κ2) is 10.4. The Morgan fingerprint density at radius 1 is 0.882 bits per heavy atom. The molecule has 34 heavy (non-hydrogen) atoms. The maximum Gasteiger partial charge on any atom is 0.257 e. The van der Waals surface area contributed by atoms with E-state index in [1.165, 1.54) is 6.07 Å². The van der Waals surface area contributed by atoms with Crippen molar-refractivity contribution in [2.45, 2.75) is 12.8 Å². The fraction of sp³-hybridized carbons (Fsp3) is 0.148. The van der Waals surface area contributed by atoms with Crippen molar-refractivity contribution < 1.29 is 9.59 Å². The van der Waals surface area contributed by atoms with Gasteiger partial charge in [0.15, 0.2) is 0 Å². The molecule has 1 fully saturated rings. The van der Waals surface area contributed by atoms with Crippen LogP contribution in [0.3, 0.4) is 0 Å². The number of nitrogens with one attached hydrogen (secondary N) is 3. The van der Waals surface area contributed by atoms with E-state index in [1.54, 1.807) is 54.6 Å². The minimum absolute atomic E-state index is 0.251. The second-order valence-electron chi connectivity index (χ2n) is 8.04. The molecule has 1 saturated heterocycles. The monoisotopic (exact) mass is 472 g/mol. The lowest BCUT2D eigenvalue weighted by Gasteiger charge is -2.18. The zero-order valence-electron chi connectivity index (χ0n) is 18.6. The molecule has 4 rings (SSSR count). The fourth-order valence-electron chi connectivity index (χ4n) is 3.81. The first-order valence-corrected chi connectivity index (χ1v) is 11.4. The van der Waals surface area contributed by atoms with Gasteiger partial charge in [0.2, 0.25) is 0 Å². The summed E-state index contributed by atoms with van der Waals surface area (Å²) in [4.78, 5) is 27.9. The Morgan fingerprint density at radius 2 is 1.53 bits per heavy atom. The van der Waals surface area contributed by atoms with Gasteiger partial charge in [-0.1, -0.05) is 48.5 Å². The van der Waals surface area contributed by atoms with Crippen molar-refractivity contribution in [2.24, 2.45) is 0 Å². The maximum atomic E-state index is 12.9. The minimum atomic E-state index is -0.390. The van der Waals surface area contributed by atoms with Crippen LogP contribution in [0.2, 0.25) is 5.02 Å². The third-order valence-electron chi connectivity index (χ3n) is 5.72. The molecular weight excluding hydrogens is 448 g/mol. The zero-order chi connectivity index (χ0) is 24.1. The van der Waals surface area contributed by atoms with Crippen molar-refractivity contribution in [1.29, 1.82) is 5.41 Å². The lowest BCUT2D eigenvalue weighted by Crippen LogP contribution is -2.27. The molecule has 0 saturated carbocycles. The van der Waals surface area contributed by atoms with Gasteiger partial charge in [-0.05, 0) is 60.9 Å². The average Bonchev–Trinajstić information content (AvgIpc) is 3.40. The number of halogens is 1. The Kier molecular flexibility index (Phi) is 7.09. The first kappa shape index (κ1) is 23.3. The van der Waals surface area contributed by atoms with E-state index in [9.17, 15) is 9.59 Å². The Balaban J connectivity index is 1.48. The van der Waals surface area contributed by atoms with Gasteiger partial charge in [-0.15, -0.1) is 0 Å². The summed E-state index contributed by atoms with van der Waals surface area (Å²) in [6.45, 7) is 5.50. The van der Waals surface area contributed by atoms with E-state index in [4.69, 9.17) is 17.0 Å². The number of carbonyl (C=O) groups excluding carboxylic acids is 2. The summed E-state index contributed by atoms with van der Waals surface area (Å²) >= 11 is 6.13. The molecule has 2 amide bonds. The molecule has 3 N–H and O–H groups in total. The van der Waals surface area contributed by atoms with Gasteiger partial charge in [-0.3, -0.25) is 15.0 Å². The van der Waals surface area contributed by atoms with Crippen LogP contribution in [0.25, 0.3) is 6.08 Å². The predicted molar refractivity (Wildman–Crippen MR) is 138 cm³/mol. The van der Waals surface area contributed by atoms with Crippen molar-refractivity contribution in [2.75, 3.05) is 23.7 Å². The molecule has 0 spiro atoms. The number of hydrogen-bond donors (Lipinski definition) is 3. The highest BCUT2D eigenvalue weighted by atomic mass is 35.5. The average molecular weight is 473 g/mol. The van der Waals surface area contributed by atoms with Crippen LogP contribution in [0.5, 0.6) is 0 Å². The molecule has 3 aromatic carbocycles. The van der Waals surface area contributed by atoms with Crippen LogP contribution in [0.1, 0.15) is 44.7 Å². The number of anilines is 2. The molecule has 172 valence electrons. The first-order valence-electron chi connectivity index (χ1n) is 11.0. The van der Waals surface area contributed by atoms with Gasteiger partial charge in [-0.25, -0.2) is 0 Å². The number of benzene rings is 3. The van der Waals surface area contributed by atoms with Crippen LogP contribution >= 0.6 is 11.6 Å². The standard InChI is InChI=1S/C27H25ClN4O2/c1-2-18-5-12-22(13-6-18)30-27(34)23-17-21(28)11-14-24(23)31-26(33)20-9-7-19(8-10-20)25(29)32-15-3-4-16-32/h2,5-14,17,29H,1,3-4,15-16H2,(H,30,34)(H,31,33). The van der Waals surface area contributed by atoms with Crippen LogP contribution in [0.4, 0.5) is 11.4 Å². The van der Waals surface area contributed by atoms with E-state index in [-0.39, 0.29) is 11.5 Å². The maximum absolute atomic E-state index is 12.9. The van der Waals surface area contributed by atoms with Gasteiger partial charge in [0.25, 0.3) is 11.8 Å². The highest BCUT2D eigenvalue weighted by Gasteiger charge is 2.18. The van der Waals surface area contributed by atoms with E-state index in [0.29, 0.717) is 27.8 Å². The summed E-state index contributed by atoms with van der Waals surface area (Å²) in [6.07, 6.45) is 3.91. The largest absolute Gasteiger partial charge is 0.357 e. The molecule has 0 unspecified atom stereocenters. The second-order valence-corrected chi connectivity index (χ2v) is 8.48. The van der Waals surface area contributed by atoms with Crippen molar-refractivity contribution >= 4 is 46.7 Å². The normalized spacial score (nSPS) is 12.8. The minimum Gasteiger partial charge on any atom is -0.357 e. The van der Waals surface area contributed by atoms with E-state index in [1.807, 2.05) is 17.0 Å². The van der Waals surface area contributed by atoms with Gasteiger partial charge in [0, 0.05) is 34.9 Å². The SMILES string of the molecule is C=Cc1ccc(NC(=O)c2cc(Cl)ccc2NC(=O)c2ccc(C(=N)N3CCCC3)cc2)cc1. The summed E-state index contributed by atoms with van der Waals surface area (Å²) in [5, 5.41) is 14.4. The van der Waals surface area contributed by atoms with E-state index >= 15 is 0 Å². The molecule has 6 nitrogen and oxygen atoms in total. The number of carbonyl (C=O) groups is 2. The Labute approximate surface area is 203 Å². The Hall–Kier alpha value is -3.90. The van der Waals surface area contributed by atoms with Crippen LogP contribution in [0, 0.1) is 5.41 Å². The van der Waals surface area contributed by atoms with Crippen LogP contribution in [-0.2, 0) is 0 Å². The molecule has 0 radical (unpaired) electrons. The molecule has 0 bridgehead atoms. The summed E-state index contributed by atoms with van der Waals surface area (Å²) < 4.78 is 0. The van der Waals surface area contributed by atoms with Crippen molar-refractivity contribution in [1.82, 2.24) is 4.90 Å². The molecule has 0 atom stereocenters. The molecule has 3 aromatic rings. The van der Waals surface area contributed by atoms with Crippen LogP contribution in [-0.4, -0.2) is 35.6 Å². The summed E-state index contributed by atoms with van der Waals surface area (Å²) in [7, 11) is 0. The predicted octanol–water partition coefficient (Wildman–Crippen LogP) is 5.91. The Bertz CT molecular complexity index is 1230. The number of likely N-dealkylation sites (tertiary alicyclic amines) is 1. The lowest BCUT2D eigenvalue weighted by molar-refractivity contribution is 0.102. The molecule has 0 aromatic heterocycles. The molecule has 0 aliphatic carbocycles. The van der Waals surface area contributed by atoms with Crippen molar-refractivity contribution in [3.8, 4) is 0 Å².